The molecular formula is C22H24N4O2. The molecule has 0 spiro atoms. The molecular weight excluding hydrogens is 352 g/mol. The number of hydrogen-bond donors (Lipinski definition) is 2. The Morgan fingerprint density at radius 3 is 2.43 bits per heavy atom. The van der Waals surface area contributed by atoms with Crippen molar-refractivity contribution < 1.29 is 9.53 Å². The Bertz CT molecular complexity index is 929. The third-order valence-electron chi connectivity index (χ3n) is 5.04. The van der Waals surface area contributed by atoms with Gasteiger partial charge in [0.25, 0.3) is 5.91 Å². The fraction of sp³-hybridized carbons (Fsp3) is 0.273. The molecule has 4 rings (SSSR count). The highest BCUT2D eigenvalue weighted by Crippen LogP contribution is 2.27. The number of hydrogen-bond acceptors (Lipinski definition) is 4. The van der Waals surface area contributed by atoms with Gasteiger partial charge in [0.05, 0.1) is 5.56 Å². The van der Waals surface area contributed by atoms with Crippen molar-refractivity contribution in [1.29, 1.82) is 0 Å². The zero-order chi connectivity index (χ0) is 19.3. The van der Waals surface area contributed by atoms with Crippen LogP contribution in [0.3, 0.4) is 0 Å². The van der Waals surface area contributed by atoms with Crippen LogP contribution in [0.2, 0.25) is 0 Å². The summed E-state index contributed by atoms with van der Waals surface area (Å²) in [7, 11) is 0. The van der Waals surface area contributed by atoms with E-state index in [-0.39, 0.29) is 0 Å². The largest absolute Gasteiger partial charge is 0.457 e. The maximum Gasteiger partial charge on any atom is 0.252 e. The number of piperidine rings is 1. The van der Waals surface area contributed by atoms with Crippen LogP contribution in [-0.4, -0.2) is 28.8 Å². The van der Waals surface area contributed by atoms with E-state index in [1.165, 1.54) is 0 Å². The molecule has 1 aromatic heterocycles. The lowest BCUT2D eigenvalue weighted by Crippen LogP contribution is -2.30. The zero-order valence-electron chi connectivity index (χ0n) is 15.7. The van der Waals surface area contributed by atoms with Gasteiger partial charge in [0.1, 0.15) is 17.2 Å². The lowest BCUT2D eigenvalue weighted by atomic mass is 9.98. The summed E-state index contributed by atoms with van der Waals surface area (Å²) in [4.78, 5) is 11.9. The second-order valence-electron chi connectivity index (χ2n) is 7.11. The van der Waals surface area contributed by atoms with Crippen molar-refractivity contribution >= 4 is 5.91 Å². The molecule has 2 aromatic carbocycles. The first-order chi connectivity index (χ1) is 13.7. The van der Waals surface area contributed by atoms with E-state index in [0.717, 1.165) is 49.5 Å². The molecule has 3 N–H and O–H groups in total. The van der Waals surface area contributed by atoms with Gasteiger partial charge in [0.15, 0.2) is 0 Å². The maximum atomic E-state index is 11.9. The van der Waals surface area contributed by atoms with Crippen LogP contribution in [0.5, 0.6) is 11.5 Å². The lowest BCUT2D eigenvalue weighted by Gasteiger charge is -2.22. The number of carbonyl (C=O) groups excluding carboxylic acids is 1. The summed E-state index contributed by atoms with van der Waals surface area (Å²) < 4.78 is 7.69. The molecule has 1 saturated heterocycles. The molecule has 1 aliphatic heterocycles. The number of rotatable bonds is 6. The van der Waals surface area contributed by atoms with E-state index < -0.39 is 5.91 Å². The number of nitrogens with zero attached hydrogens (tertiary/aromatic N) is 2. The molecule has 144 valence electrons. The van der Waals surface area contributed by atoms with Gasteiger partial charge < -0.3 is 15.8 Å². The van der Waals surface area contributed by atoms with E-state index in [2.05, 4.69) is 10.4 Å². The van der Waals surface area contributed by atoms with Crippen molar-refractivity contribution in [3.05, 3.63) is 66.4 Å². The molecule has 0 atom stereocenters. The third-order valence-corrected chi connectivity index (χ3v) is 5.04. The highest BCUT2D eigenvalue weighted by molar-refractivity contribution is 5.98. The highest BCUT2D eigenvalue weighted by atomic mass is 16.5. The van der Waals surface area contributed by atoms with Crippen molar-refractivity contribution in [1.82, 2.24) is 15.1 Å². The minimum absolute atomic E-state index is 0.450. The number of nitrogens with one attached hydrogen (secondary N) is 1. The van der Waals surface area contributed by atoms with Crippen molar-refractivity contribution in [2.24, 2.45) is 11.7 Å². The summed E-state index contributed by atoms with van der Waals surface area (Å²) >= 11 is 0. The van der Waals surface area contributed by atoms with Crippen LogP contribution in [0, 0.1) is 5.92 Å². The van der Waals surface area contributed by atoms with Gasteiger partial charge in [-0.2, -0.15) is 5.10 Å². The normalized spacial score (nSPS) is 14.7. The van der Waals surface area contributed by atoms with Crippen LogP contribution in [0.1, 0.15) is 23.2 Å². The molecule has 1 amide bonds. The van der Waals surface area contributed by atoms with Crippen molar-refractivity contribution in [3.8, 4) is 22.8 Å². The fourth-order valence-electron chi connectivity index (χ4n) is 3.54. The van der Waals surface area contributed by atoms with Crippen LogP contribution in [0.25, 0.3) is 11.3 Å². The molecule has 28 heavy (non-hydrogen) atoms. The Kier molecular flexibility index (Phi) is 5.39. The van der Waals surface area contributed by atoms with Crippen LogP contribution < -0.4 is 15.8 Å². The lowest BCUT2D eigenvalue weighted by molar-refractivity contribution is 0.100. The Labute approximate surface area is 164 Å². The average Bonchev–Trinajstić information content (AvgIpc) is 3.14. The monoisotopic (exact) mass is 376 g/mol. The second kappa shape index (κ2) is 8.27. The molecule has 0 radical (unpaired) electrons. The number of amides is 1. The van der Waals surface area contributed by atoms with Crippen LogP contribution in [0.4, 0.5) is 0 Å². The molecule has 6 heteroatoms. The summed E-state index contributed by atoms with van der Waals surface area (Å²) in [6.45, 7) is 2.87. The molecule has 2 heterocycles. The van der Waals surface area contributed by atoms with E-state index in [1.54, 1.807) is 6.20 Å². The number of aromatic nitrogens is 2. The number of ether oxygens (including phenoxy) is 1. The molecule has 3 aromatic rings. The van der Waals surface area contributed by atoms with Gasteiger partial charge in [-0.1, -0.05) is 18.2 Å². The quantitative estimate of drug-likeness (QED) is 0.690. The summed E-state index contributed by atoms with van der Waals surface area (Å²) in [5.41, 5.74) is 7.52. The standard InChI is InChI=1S/C22H24N4O2/c23-22(27)20-15-26(14-16-10-12-24-13-11-16)25-21(20)17-6-8-19(9-7-17)28-18-4-2-1-3-5-18/h1-9,15-16,24H,10-14H2,(H2,23,27). The summed E-state index contributed by atoms with van der Waals surface area (Å²) in [5.74, 6) is 1.61. The molecule has 0 bridgehead atoms. The summed E-state index contributed by atoms with van der Waals surface area (Å²) in [5, 5.41) is 8.03. The van der Waals surface area contributed by atoms with E-state index in [0.29, 0.717) is 17.2 Å². The van der Waals surface area contributed by atoms with Crippen LogP contribution >= 0.6 is 0 Å². The Morgan fingerprint density at radius 1 is 1.07 bits per heavy atom. The number of para-hydroxylation sites is 1. The van der Waals surface area contributed by atoms with Crippen molar-refractivity contribution in [2.45, 2.75) is 19.4 Å². The van der Waals surface area contributed by atoms with Crippen LogP contribution in [0.15, 0.2) is 60.8 Å². The minimum Gasteiger partial charge on any atom is -0.457 e. The van der Waals surface area contributed by atoms with Gasteiger partial charge in [0, 0.05) is 18.3 Å². The van der Waals surface area contributed by atoms with E-state index in [1.807, 2.05) is 59.3 Å². The average molecular weight is 376 g/mol. The van der Waals surface area contributed by atoms with E-state index in [4.69, 9.17) is 10.5 Å². The first-order valence-electron chi connectivity index (χ1n) is 9.60. The van der Waals surface area contributed by atoms with Gasteiger partial charge in [0.2, 0.25) is 0 Å². The van der Waals surface area contributed by atoms with E-state index in [9.17, 15) is 4.79 Å². The summed E-state index contributed by atoms with van der Waals surface area (Å²) in [6, 6.07) is 17.2. The van der Waals surface area contributed by atoms with Gasteiger partial charge in [-0.15, -0.1) is 0 Å². The molecule has 0 aliphatic carbocycles. The van der Waals surface area contributed by atoms with E-state index >= 15 is 0 Å². The first kappa shape index (κ1) is 18.3. The highest BCUT2D eigenvalue weighted by Gasteiger charge is 2.19. The fourth-order valence-corrected chi connectivity index (χ4v) is 3.54. The zero-order valence-corrected chi connectivity index (χ0v) is 15.7. The molecule has 6 nitrogen and oxygen atoms in total. The van der Waals surface area contributed by atoms with Gasteiger partial charge in [-0.05, 0) is 68.2 Å². The summed E-state index contributed by atoms with van der Waals surface area (Å²) in [6.07, 6.45) is 4.01. The predicted octanol–water partition coefficient (Wildman–Crippen LogP) is 3.44. The molecule has 1 aliphatic rings. The Morgan fingerprint density at radius 2 is 1.75 bits per heavy atom. The third kappa shape index (κ3) is 4.23. The maximum absolute atomic E-state index is 11.9. The predicted molar refractivity (Wildman–Crippen MR) is 108 cm³/mol. The second-order valence-corrected chi connectivity index (χ2v) is 7.11. The Balaban J connectivity index is 1.54. The number of carbonyl (C=O) groups is 1. The molecule has 0 saturated carbocycles. The van der Waals surface area contributed by atoms with Crippen molar-refractivity contribution in [2.75, 3.05) is 13.1 Å². The SMILES string of the molecule is NC(=O)c1cn(CC2CCNCC2)nc1-c1ccc(Oc2ccccc2)cc1. The molecule has 1 fully saturated rings. The minimum atomic E-state index is -0.462. The molecule has 0 unspecified atom stereocenters. The number of benzene rings is 2. The van der Waals surface area contributed by atoms with Crippen LogP contribution in [-0.2, 0) is 6.54 Å². The van der Waals surface area contributed by atoms with Crippen molar-refractivity contribution in [3.63, 3.8) is 0 Å². The smallest absolute Gasteiger partial charge is 0.252 e. The Hall–Kier alpha value is -3.12. The van der Waals surface area contributed by atoms with Gasteiger partial charge in [-0.3, -0.25) is 9.48 Å². The van der Waals surface area contributed by atoms with Gasteiger partial charge in [-0.25, -0.2) is 0 Å². The first-order valence-corrected chi connectivity index (χ1v) is 9.60. The van der Waals surface area contributed by atoms with Gasteiger partial charge >= 0.3 is 0 Å². The number of nitrogens with two attached hydrogens (primary N) is 1. The number of primary amides is 1. The topological polar surface area (TPSA) is 82.2 Å².